The molecule has 1 N–H and O–H groups in total. The number of fused-ring (bicyclic) bond motifs is 2. The monoisotopic (exact) mass is 438 g/mol. The first kappa shape index (κ1) is 21.3. The van der Waals surface area contributed by atoms with Crippen LogP contribution >= 0.6 is 0 Å². The van der Waals surface area contributed by atoms with Crippen molar-refractivity contribution in [1.82, 2.24) is 0 Å². The van der Waals surface area contributed by atoms with Crippen molar-refractivity contribution in [3.63, 3.8) is 0 Å². The predicted molar refractivity (Wildman–Crippen MR) is 131 cm³/mol. The summed E-state index contributed by atoms with van der Waals surface area (Å²) in [4.78, 5) is 0. The Hall–Kier alpha value is -0.0400. The van der Waals surface area contributed by atoms with E-state index >= 15 is 0 Å². The summed E-state index contributed by atoms with van der Waals surface area (Å²) < 4.78 is 0. The van der Waals surface area contributed by atoms with E-state index in [4.69, 9.17) is 0 Å². The Kier molecular flexibility index (Phi) is 5.31. The van der Waals surface area contributed by atoms with Gasteiger partial charge in [0.15, 0.2) is 0 Å². The molecule has 0 amide bonds. The van der Waals surface area contributed by atoms with Crippen LogP contribution < -0.4 is 0 Å². The van der Waals surface area contributed by atoms with Gasteiger partial charge in [-0.15, -0.1) is 0 Å². The molecule has 0 heterocycles. The number of aliphatic hydroxyl groups excluding tert-OH is 1. The molecule has 8 fully saturated rings. The fraction of sp³-hybridized carbons (Fsp3) is 1.00. The molecule has 8 aliphatic carbocycles. The van der Waals surface area contributed by atoms with E-state index in [9.17, 15) is 5.11 Å². The van der Waals surface area contributed by atoms with Crippen molar-refractivity contribution >= 4 is 0 Å². The summed E-state index contributed by atoms with van der Waals surface area (Å²) in [6.45, 7) is 2.62. The minimum absolute atomic E-state index is 0.0271. The molecule has 8 aliphatic rings. The summed E-state index contributed by atoms with van der Waals surface area (Å²) in [7, 11) is 0. The van der Waals surface area contributed by atoms with Crippen molar-refractivity contribution in [3.05, 3.63) is 0 Å². The summed E-state index contributed by atoms with van der Waals surface area (Å²) in [5.74, 6) is 10.9. The van der Waals surface area contributed by atoms with E-state index in [0.717, 1.165) is 65.6 Å². The Balaban J connectivity index is 1.33. The largest absolute Gasteiger partial charge is 0.393 e. The zero-order chi connectivity index (χ0) is 21.4. The third kappa shape index (κ3) is 2.97. The van der Waals surface area contributed by atoms with Crippen LogP contribution in [0.3, 0.4) is 0 Å². The second-order valence-electron chi connectivity index (χ2n) is 14.4. The van der Waals surface area contributed by atoms with Crippen LogP contribution in [0.4, 0.5) is 0 Å². The molecular formula is C31H50O. The van der Waals surface area contributed by atoms with E-state index in [2.05, 4.69) is 6.92 Å². The summed E-state index contributed by atoms with van der Waals surface area (Å²) in [5, 5.41) is 11.1. The molecule has 0 aliphatic heterocycles. The van der Waals surface area contributed by atoms with E-state index in [-0.39, 0.29) is 6.10 Å². The first-order chi connectivity index (χ1) is 15.7. The molecule has 4 bridgehead atoms. The van der Waals surface area contributed by atoms with Gasteiger partial charge in [-0.25, -0.2) is 0 Å². The average molecular weight is 439 g/mol. The quantitative estimate of drug-likeness (QED) is 0.465. The number of aliphatic hydroxyl groups is 1. The molecule has 32 heavy (non-hydrogen) atoms. The molecule has 0 saturated heterocycles. The SMILES string of the molecule is CC1CCC(C2(C3CCC(O)C4CCCCC43)C3CC4CC(C3)CC2C4)C2CCCCC12. The summed E-state index contributed by atoms with van der Waals surface area (Å²) in [6, 6.07) is 0. The van der Waals surface area contributed by atoms with Crippen molar-refractivity contribution in [2.24, 2.45) is 70.5 Å². The van der Waals surface area contributed by atoms with Gasteiger partial charge in [0.05, 0.1) is 6.10 Å². The molecule has 0 spiro atoms. The minimum atomic E-state index is 0.0271. The first-order valence-electron chi connectivity index (χ1n) is 15.3. The molecule has 0 aromatic carbocycles. The molecule has 0 radical (unpaired) electrons. The highest BCUT2D eigenvalue weighted by atomic mass is 16.3. The maximum atomic E-state index is 11.1. The van der Waals surface area contributed by atoms with Crippen LogP contribution in [-0.4, -0.2) is 11.2 Å². The second-order valence-corrected chi connectivity index (χ2v) is 14.4. The van der Waals surface area contributed by atoms with Crippen molar-refractivity contribution in [3.8, 4) is 0 Å². The fourth-order valence-electron chi connectivity index (χ4n) is 12.9. The summed E-state index contributed by atoms with van der Waals surface area (Å²) in [5.41, 5.74) is 0.675. The second kappa shape index (κ2) is 7.99. The topological polar surface area (TPSA) is 20.2 Å². The maximum Gasteiger partial charge on any atom is 0.0571 e. The van der Waals surface area contributed by atoms with Crippen LogP contribution in [0.25, 0.3) is 0 Å². The van der Waals surface area contributed by atoms with Gasteiger partial charge in [-0.3, -0.25) is 0 Å². The molecule has 1 nitrogen and oxygen atoms in total. The Labute approximate surface area is 197 Å². The fourth-order valence-corrected chi connectivity index (χ4v) is 12.9. The van der Waals surface area contributed by atoms with E-state index in [1.165, 1.54) is 51.4 Å². The number of hydrogen-bond donors (Lipinski definition) is 1. The highest BCUT2D eigenvalue weighted by Crippen LogP contribution is 2.73. The van der Waals surface area contributed by atoms with Crippen LogP contribution in [0.1, 0.15) is 116 Å². The van der Waals surface area contributed by atoms with E-state index in [0.29, 0.717) is 11.3 Å². The lowest BCUT2D eigenvalue weighted by atomic mass is 9.34. The van der Waals surface area contributed by atoms with Gasteiger partial charge in [-0.2, -0.15) is 0 Å². The van der Waals surface area contributed by atoms with E-state index < -0.39 is 0 Å². The van der Waals surface area contributed by atoms with Gasteiger partial charge >= 0.3 is 0 Å². The Morgan fingerprint density at radius 2 is 1.03 bits per heavy atom. The third-order valence-electron chi connectivity index (χ3n) is 13.6. The normalized spacial score (nSPS) is 59.4. The molecule has 180 valence electrons. The highest BCUT2D eigenvalue weighted by Gasteiger charge is 2.66. The molecule has 0 aromatic rings. The van der Waals surface area contributed by atoms with Crippen molar-refractivity contribution in [1.29, 1.82) is 0 Å². The smallest absolute Gasteiger partial charge is 0.0571 e. The Morgan fingerprint density at radius 1 is 0.531 bits per heavy atom. The Morgan fingerprint density at radius 3 is 1.66 bits per heavy atom. The third-order valence-corrected chi connectivity index (χ3v) is 13.6. The summed E-state index contributed by atoms with van der Waals surface area (Å²) in [6.07, 6.45) is 25.4. The maximum absolute atomic E-state index is 11.1. The number of rotatable bonds is 2. The van der Waals surface area contributed by atoms with Gasteiger partial charge in [0.1, 0.15) is 0 Å². The lowest BCUT2D eigenvalue weighted by Crippen LogP contribution is -2.64. The standard InChI is InChI=1S/C31H50O/c1-19-10-11-28(25-7-3-2-6-24(19)25)31(22-15-20-14-21(17-22)18-23(31)16-20)29-12-13-30(32)27-9-5-4-8-26(27)29/h19-30,32H,2-18H2,1H3. The summed E-state index contributed by atoms with van der Waals surface area (Å²) >= 11 is 0. The van der Waals surface area contributed by atoms with E-state index in [1.54, 1.807) is 51.4 Å². The predicted octanol–water partition coefficient (Wildman–Crippen LogP) is 7.86. The molecule has 8 rings (SSSR count). The van der Waals surface area contributed by atoms with Gasteiger partial charge in [0, 0.05) is 0 Å². The van der Waals surface area contributed by atoms with Crippen LogP contribution in [0.2, 0.25) is 0 Å². The first-order valence-corrected chi connectivity index (χ1v) is 15.3. The molecule has 8 unspecified atom stereocenters. The molecule has 0 aromatic heterocycles. The van der Waals surface area contributed by atoms with Gasteiger partial charge in [0.25, 0.3) is 0 Å². The highest BCUT2D eigenvalue weighted by molar-refractivity contribution is 5.15. The van der Waals surface area contributed by atoms with Gasteiger partial charge < -0.3 is 5.11 Å². The van der Waals surface area contributed by atoms with Crippen LogP contribution in [0, 0.1) is 70.5 Å². The molecular weight excluding hydrogens is 388 g/mol. The molecule has 8 saturated carbocycles. The van der Waals surface area contributed by atoms with E-state index in [1.807, 2.05) is 0 Å². The van der Waals surface area contributed by atoms with Crippen molar-refractivity contribution in [2.45, 2.75) is 122 Å². The van der Waals surface area contributed by atoms with Gasteiger partial charge in [-0.05, 0) is 148 Å². The van der Waals surface area contributed by atoms with Crippen LogP contribution in [0.5, 0.6) is 0 Å². The lowest BCUT2D eigenvalue weighted by molar-refractivity contribution is -0.229. The van der Waals surface area contributed by atoms with Crippen molar-refractivity contribution in [2.75, 3.05) is 0 Å². The minimum Gasteiger partial charge on any atom is -0.393 e. The Bertz CT molecular complexity index is 629. The zero-order valence-corrected chi connectivity index (χ0v) is 20.9. The zero-order valence-electron chi connectivity index (χ0n) is 20.9. The molecule has 8 atom stereocenters. The van der Waals surface area contributed by atoms with Gasteiger partial charge in [0.2, 0.25) is 0 Å². The number of hydrogen-bond acceptors (Lipinski definition) is 1. The average Bonchev–Trinajstić information content (AvgIpc) is 2.81. The van der Waals surface area contributed by atoms with Crippen LogP contribution in [-0.2, 0) is 0 Å². The van der Waals surface area contributed by atoms with Crippen LogP contribution in [0.15, 0.2) is 0 Å². The van der Waals surface area contributed by atoms with Gasteiger partial charge in [-0.1, -0.05) is 39.0 Å². The van der Waals surface area contributed by atoms with Crippen molar-refractivity contribution < 1.29 is 5.11 Å². The lowest BCUT2D eigenvalue weighted by Gasteiger charge is -2.71. The molecule has 1 heteroatoms.